The van der Waals surface area contributed by atoms with Crippen LogP contribution < -0.4 is 15.5 Å². The molecule has 2 aromatic rings. The number of aromatic nitrogens is 1. The minimum absolute atomic E-state index is 0. The van der Waals surface area contributed by atoms with Crippen molar-refractivity contribution in [2.75, 3.05) is 26.0 Å². The number of aryl methyl sites for hydroxylation is 2. The molecular formula is C17H26IN5S. The summed E-state index contributed by atoms with van der Waals surface area (Å²) in [4.78, 5) is 12.2. The van der Waals surface area contributed by atoms with Crippen LogP contribution >= 0.6 is 35.3 Å². The number of aliphatic imine (C=N–C) groups is 1. The summed E-state index contributed by atoms with van der Waals surface area (Å²) in [5.41, 5.74) is 3.52. The van der Waals surface area contributed by atoms with Crippen LogP contribution in [0.4, 0.5) is 5.69 Å². The second kappa shape index (κ2) is 9.83. The van der Waals surface area contributed by atoms with Gasteiger partial charge in [0.2, 0.25) is 0 Å². The molecule has 0 aliphatic heterocycles. The number of thiazole rings is 1. The largest absolute Gasteiger partial charge is 0.378 e. The summed E-state index contributed by atoms with van der Waals surface area (Å²) in [7, 11) is 5.87. The lowest BCUT2D eigenvalue weighted by atomic mass is 10.2. The van der Waals surface area contributed by atoms with E-state index in [1.165, 1.54) is 16.1 Å². The number of nitrogens with one attached hydrogen (secondary N) is 2. The third-order valence-corrected chi connectivity index (χ3v) is 4.66. The average molecular weight is 459 g/mol. The molecule has 0 atom stereocenters. The second-order valence-electron chi connectivity index (χ2n) is 5.59. The van der Waals surface area contributed by atoms with Crippen molar-refractivity contribution in [2.45, 2.75) is 26.9 Å². The number of hydrogen-bond acceptors (Lipinski definition) is 4. The molecule has 5 nitrogen and oxygen atoms in total. The van der Waals surface area contributed by atoms with Crippen molar-refractivity contribution in [1.82, 2.24) is 15.6 Å². The summed E-state index contributed by atoms with van der Waals surface area (Å²) in [5.74, 6) is 0.783. The summed E-state index contributed by atoms with van der Waals surface area (Å²) in [5, 5.41) is 7.73. The highest BCUT2D eigenvalue weighted by atomic mass is 127. The zero-order valence-corrected chi connectivity index (χ0v) is 18.0. The number of nitrogens with zero attached hydrogens (tertiary/aromatic N) is 3. The Balaban J connectivity index is 0.00000288. The first-order valence-electron chi connectivity index (χ1n) is 7.63. The van der Waals surface area contributed by atoms with E-state index in [0.29, 0.717) is 6.54 Å². The minimum atomic E-state index is 0. The van der Waals surface area contributed by atoms with Crippen molar-refractivity contribution in [1.29, 1.82) is 0 Å². The van der Waals surface area contributed by atoms with E-state index in [-0.39, 0.29) is 24.0 Å². The molecule has 7 heteroatoms. The Morgan fingerprint density at radius 2 is 1.92 bits per heavy atom. The molecule has 0 saturated carbocycles. The van der Waals surface area contributed by atoms with Crippen LogP contribution in [-0.2, 0) is 13.1 Å². The summed E-state index contributed by atoms with van der Waals surface area (Å²) < 4.78 is 0. The van der Waals surface area contributed by atoms with Gasteiger partial charge in [0, 0.05) is 38.3 Å². The number of anilines is 1. The lowest BCUT2D eigenvalue weighted by Crippen LogP contribution is -2.36. The molecule has 1 heterocycles. The number of hydrogen-bond donors (Lipinski definition) is 2. The maximum Gasteiger partial charge on any atom is 0.191 e. The van der Waals surface area contributed by atoms with E-state index in [0.717, 1.165) is 23.2 Å². The minimum Gasteiger partial charge on any atom is -0.378 e. The van der Waals surface area contributed by atoms with E-state index in [4.69, 9.17) is 0 Å². The normalized spacial score (nSPS) is 11.0. The highest BCUT2D eigenvalue weighted by Gasteiger charge is 2.05. The third kappa shape index (κ3) is 5.94. The molecule has 2 rings (SSSR count). The Hall–Kier alpha value is -1.35. The molecule has 0 fully saturated rings. The number of halogens is 1. The highest BCUT2D eigenvalue weighted by molar-refractivity contribution is 14.0. The molecular weight excluding hydrogens is 433 g/mol. The van der Waals surface area contributed by atoms with Crippen molar-refractivity contribution in [2.24, 2.45) is 4.99 Å². The van der Waals surface area contributed by atoms with Gasteiger partial charge in [-0.25, -0.2) is 4.98 Å². The van der Waals surface area contributed by atoms with Crippen molar-refractivity contribution >= 4 is 47.0 Å². The fraction of sp³-hybridized carbons (Fsp3) is 0.412. The van der Waals surface area contributed by atoms with Crippen molar-refractivity contribution in [3.8, 4) is 0 Å². The smallest absolute Gasteiger partial charge is 0.191 e. The molecule has 0 spiro atoms. The molecule has 132 valence electrons. The highest BCUT2D eigenvalue weighted by Crippen LogP contribution is 2.16. The van der Waals surface area contributed by atoms with Crippen LogP contribution in [0, 0.1) is 13.8 Å². The van der Waals surface area contributed by atoms with E-state index < -0.39 is 0 Å². The molecule has 2 N–H and O–H groups in total. The molecule has 1 aromatic carbocycles. The number of benzene rings is 1. The van der Waals surface area contributed by atoms with Gasteiger partial charge in [0.1, 0.15) is 5.01 Å². The second-order valence-corrected chi connectivity index (χ2v) is 6.88. The SMILES string of the molecule is CN=C(NCc1cccc(N(C)C)c1)NCc1nc(C)c(C)s1.I. The standard InChI is InChI=1S/C17H25N5S.HI/c1-12-13(2)23-16(21-12)11-20-17(18-3)19-10-14-7-6-8-15(9-14)22(4)5;/h6-9H,10-11H2,1-5H3,(H2,18,19,20);1H. The van der Waals surface area contributed by atoms with Gasteiger partial charge < -0.3 is 15.5 Å². The first-order valence-corrected chi connectivity index (χ1v) is 8.45. The molecule has 0 radical (unpaired) electrons. The van der Waals surface area contributed by atoms with Gasteiger partial charge in [-0.05, 0) is 31.5 Å². The molecule has 0 aliphatic carbocycles. The van der Waals surface area contributed by atoms with E-state index >= 15 is 0 Å². The van der Waals surface area contributed by atoms with Gasteiger partial charge in [0.25, 0.3) is 0 Å². The van der Waals surface area contributed by atoms with Crippen LogP contribution in [0.15, 0.2) is 29.3 Å². The van der Waals surface area contributed by atoms with Crippen LogP contribution in [0.5, 0.6) is 0 Å². The van der Waals surface area contributed by atoms with Gasteiger partial charge in [-0.3, -0.25) is 4.99 Å². The Morgan fingerprint density at radius 1 is 1.21 bits per heavy atom. The van der Waals surface area contributed by atoms with E-state index in [2.05, 4.69) is 56.7 Å². The Labute approximate surface area is 165 Å². The first-order chi connectivity index (χ1) is 11.0. The van der Waals surface area contributed by atoms with Gasteiger partial charge in [-0.15, -0.1) is 35.3 Å². The monoisotopic (exact) mass is 459 g/mol. The molecule has 0 amide bonds. The lowest BCUT2D eigenvalue weighted by molar-refractivity contribution is 0.803. The molecule has 0 bridgehead atoms. The Morgan fingerprint density at radius 3 is 2.50 bits per heavy atom. The van der Waals surface area contributed by atoms with E-state index in [1.807, 2.05) is 21.0 Å². The third-order valence-electron chi connectivity index (χ3n) is 3.59. The fourth-order valence-electron chi connectivity index (χ4n) is 2.13. The van der Waals surface area contributed by atoms with Crippen LogP contribution in [0.3, 0.4) is 0 Å². The predicted octanol–water partition coefficient (Wildman–Crippen LogP) is 3.31. The van der Waals surface area contributed by atoms with E-state index in [1.54, 1.807) is 18.4 Å². The van der Waals surface area contributed by atoms with Crippen LogP contribution in [0.1, 0.15) is 21.1 Å². The van der Waals surface area contributed by atoms with Gasteiger partial charge in [-0.2, -0.15) is 0 Å². The van der Waals surface area contributed by atoms with Gasteiger partial charge in [0.05, 0.1) is 12.2 Å². The van der Waals surface area contributed by atoms with Crippen LogP contribution in [0.25, 0.3) is 0 Å². The van der Waals surface area contributed by atoms with Crippen LogP contribution in [-0.4, -0.2) is 32.1 Å². The Bertz CT molecular complexity index is 662. The first kappa shape index (κ1) is 20.7. The molecule has 0 unspecified atom stereocenters. The van der Waals surface area contributed by atoms with Crippen molar-refractivity contribution in [3.63, 3.8) is 0 Å². The van der Waals surface area contributed by atoms with Gasteiger partial charge in [0.15, 0.2) is 5.96 Å². The summed E-state index contributed by atoms with van der Waals surface area (Å²) in [6, 6.07) is 8.46. The fourth-order valence-corrected chi connectivity index (χ4v) is 3.00. The maximum atomic E-state index is 4.53. The van der Waals surface area contributed by atoms with Gasteiger partial charge in [-0.1, -0.05) is 12.1 Å². The molecule has 1 aromatic heterocycles. The summed E-state index contributed by atoms with van der Waals surface area (Å²) in [6.07, 6.45) is 0. The zero-order chi connectivity index (χ0) is 16.8. The summed E-state index contributed by atoms with van der Waals surface area (Å²) in [6.45, 7) is 5.56. The average Bonchev–Trinajstić information content (AvgIpc) is 2.86. The summed E-state index contributed by atoms with van der Waals surface area (Å²) >= 11 is 1.72. The predicted molar refractivity (Wildman–Crippen MR) is 115 cm³/mol. The topological polar surface area (TPSA) is 52.6 Å². The van der Waals surface area contributed by atoms with Crippen molar-refractivity contribution < 1.29 is 0 Å². The van der Waals surface area contributed by atoms with E-state index in [9.17, 15) is 0 Å². The number of guanidine groups is 1. The quantitative estimate of drug-likeness (QED) is 0.409. The maximum absolute atomic E-state index is 4.53. The molecule has 0 saturated heterocycles. The van der Waals surface area contributed by atoms with Crippen LogP contribution in [0.2, 0.25) is 0 Å². The number of rotatable bonds is 5. The van der Waals surface area contributed by atoms with Gasteiger partial charge >= 0.3 is 0 Å². The molecule has 24 heavy (non-hydrogen) atoms. The van der Waals surface area contributed by atoms with Crippen molar-refractivity contribution in [3.05, 3.63) is 45.4 Å². The zero-order valence-electron chi connectivity index (χ0n) is 14.9. The lowest BCUT2D eigenvalue weighted by Gasteiger charge is -2.15. The Kier molecular flexibility index (Phi) is 8.47. The molecule has 0 aliphatic rings.